The summed E-state index contributed by atoms with van der Waals surface area (Å²) in [5, 5.41) is 15.3. The highest BCUT2D eigenvalue weighted by Crippen LogP contribution is 2.26. The number of carbonyl (C=O) groups is 1. The Balaban J connectivity index is 1.49. The van der Waals surface area contributed by atoms with Crippen molar-refractivity contribution in [2.45, 2.75) is 13.2 Å². The number of aromatic amines is 1. The lowest BCUT2D eigenvalue weighted by molar-refractivity contribution is -0.384. The summed E-state index contributed by atoms with van der Waals surface area (Å²) in [6.07, 6.45) is 0. The van der Waals surface area contributed by atoms with Gasteiger partial charge in [-0.15, -0.1) is 0 Å². The van der Waals surface area contributed by atoms with Crippen molar-refractivity contribution in [2.24, 2.45) is 0 Å². The number of rotatable bonds is 7. The van der Waals surface area contributed by atoms with E-state index in [1.165, 1.54) is 18.2 Å². The number of halogens is 1. The van der Waals surface area contributed by atoms with E-state index in [0.717, 1.165) is 11.6 Å². The highest BCUT2D eigenvalue weighted by atomic mass is 35.5. The molecule has 3 aromatic carbocycles. The second-order valence-corrected chi connectivity index (χ2v) is 7.51. The first kappa shape index (κ1) is 22.0. The van der Waals surface area contributed by atoms with Crippen LogP contribution >= 0.6 is 11.6 Å². The molecule has 9 nitrogen and oxygen atoms in total. The summed E-state index contributed by atoms with van der Waals surface area (Å²) in [6.45, 7) is 0.0643. The molecule has 0 aliphatic rings. The third kappa shape index (κ3) is 5.16. The zero-order valence-electron chi connectivity index (χ0n) is 17.1. The Morgan fingerprint density at radius 2 is 1.91 bits per heavy atom. The first-order chi connectivity index (χ1) is 15.9. The van der Waals surface area contributed by atoms with Gasteiger partial charge in [0.25, 0.3) is 11.2 Å². The lowest BCUT2D eigenvalue weighted by Gasteiger charge is -2.09. The fraction of sp³-hybridized carbons (Fsp3) is 0.0870. The van der Waals surface area contributed by atoms with Crippen molar-refractivity contribution in [2.75, 3.05) is 5.32 Å². The van der Waals surface area contributed by atoms with Gasteiger partial charge in [-0.1, -0.05) is 41.9 Å². The van der Waals surface area contributed by atoms with Crippen LogP contribution in [0.4, 0.5) is 11.4 Å². The summed E-state index contributed by atoms with van der Waals surface area (Å²) in [5.41, 5.74) is 0.936. The number of benzene rings is 3. The lowest BCUT2D eigenvalue weighted by Crippen LogP contribution is -2.14. The molecule has 0 bridgehead atoms. The number of aromatic nitrogens is 2. The summed E-state index contributed by atoms with van der Waals surface area (Å²) in [6, 6.07) is 18.1. The topological polar surface area (TPSA) is 127 Å². The standard InChI is InChI=1S/C23H17ClN4O5/c24-16-7-8-17-19(11-16)26-21(27-22(17)29)13-33-23(30)15-6-9-18(20(10-15)28(31)32)25-12-14-4-2-1-3-5-14/h1-11,25H,12-13H2,(H,26,27,29). The van der Waals surface area contributed by atoms with Gasteiger partial charge in [0.1, 0.15) is 18.1 Å². The van der Waals surface area contributed by atoms with Gasteiger partial charge in [0.15, 0.2) is 0 Å². The Hall–Kier alpha value is -4.24. The molecule has 0 saturated carbocycles. The van der Waals surface area contributed by atoms with Crippen LogP contribution in [-0.2, 0) is 17.9 Å². The summed E-state index contributed by atoms with van der Waals surface area (Å²) in [7, 11) is 0. The average molecular weight is 465 g/mol. The molecule has 4 aromatic rings. The third-order valence-electron chi connectivity index (χ3n) is 4.81. The number of hydrogen-bond donors (Lipinski definition) is 2. The van der Waals surface area contributed by atoms with Crippen molar-refractivity contribution < 1.29 is 14.5 Å². The first-order valence-electron chi connectivity index (χ1n) is 9.82. The Morgan fingerprint density at radius 3 is 2.67 bits per heavy atom. The summed E-state index contributed by atoms with van der Waals surface area (Å²) >= 11 is 5.94. The maximum atomic E-state index is 12.5. The molecular formula is C23H17ClN4O5. The fourth-order valence-corrected chi connectivity index (χ4v) is 3.37. The molecule has 1 aromatic heterocycles. The molecule has 4 rings (SSSR count). The van der Waals surface area contributed by atoms with E-state index in [-0.39, 0.29) is 29.4 Å². The van der Waals surface area contributed by atoms with E-state index in [9.17, 15) is 19.7 Å². The summed E-state index contributed by atoms with van der Waals surface area (Å²) in [4.78, 5) is 42.4. The minimum Gasteiger partial charge on any atom is -0.454 e. The van der Waals surface area contributed by atoms with Gasteiger partial charge in [-0.05, 0) is 35.9 Å². The van der Waals surface area contributed by atoms with E-state index in [4.69, 9.17) is 16.3 Å². The van der Waals surface area contributed by atoms with Crippen molar-refractivity contribution in [3.63, 3.8) is 0 Å². The van der Waals surface area contributed by atoms with Crippen molar-refractivity contribution in [3.8, 4) is 0 Å². The van der Waals surface area contributed by atoms with Gasteiger partial charge in [0.2, 0.25) is 0 Å². The molecule has 0 spiro atoms. The zero-order chi connectivity index (χ0) is 23.4. The Kier molecular flexibility index (Phi) is 6.32. The molecule has 10 heteroatoms. The fourth-order valence-electron chi connectivity index (χ4n) is 3.20. The van der Waals surface area contributed by atoms with E-state index in [1.54, 1.807) is 12.1 Å². The van der Waals surface area contributed by atoms with Crippen molar-refractivity contribution in [1.29, 1.82) is 0 Å². The number of hydrogen-bond acceptors (Lipinski definition) is 7. The molecule has 1 heterocycles. The van der Waals surface area contributed by atoms with E-state index < -0.39 is 16.5 Å². The van der Waals surface area contributed by atoms with E-state index in [2.05, 4.69) is 15.3 Å². The maximum Gasteiger partial charge on any atom is 0.338 e. The van der Waals surface area contributed by atoms with Crippen LogP contribution in [0.3, 0.4) is 0 Å². The number of esters is 1. The number of carbonyl (C=O) groups excluding carboxylic acids is 1. The SMILES string of the molecule is O=C(OCc1nc2cc(Cl)ccc2c(=O)[nH]1)c1ccc(NCc2ccccc2)c([N+](=O)[O-])c1. The molecule has 0 fully saturated rings. The lowest BCUT2D eigenvalue weighted by atomic mass is 10.1. The minimum atomic E-state index is -0.790. The second-order valence-electron chi connectivity index (χ2n) is 7.08. The number of anilines is 1. The molecule has 0 unspecified atom stereocenters. The zero-order valence-corrected chi connectivity index (χ0v) is 17.8. The number of H-pyrrole nitrogens is 1. The molecule has 0 atom stereocenters. The Morgan fingerprint density at radius 1 is 1.12 bits per heavy atom. The van der Waals surface area contributed by atoms with E-state index in [1.807, 2.05) is 30.3 Å². The van der Waals surface area contributed by atoms with Crippen LogP contribution in [0.15, 0.2) is 71.5 Å². The molecule has 0 aliphatic carbocycles. The van der Waals surface area contributed by atoms with E-state index in [0.29, 0.717) is 22.5 Å². The van der Waals surface area contributed by atoms with E-state index >= 15 is 0 Å². The van der Waals surface area contributed by atoms with Crippen molar-refractivity contribution >= 4 is 39.8 Å². The molecule has 166 valence electrons. The van der Waals surface area contributed by atoms with Gasteiger partial charge in [-0.2, -0.15) is 0 Å². The molecule has 0 radical (unpaired) electrons. The van der Waals surface area contributed by atoms with Crippen molar-refractivity contribution in [1.82, 2.24) is 9.97 Å². The number of nitrogens with zero attached hydrogens (tertiary/aromatic N) is 2. The monoisotopic (exact) mass is 464 g/mol. The summed E-state index contributed by atoms with van der Waals surface area (Å²) < 4.78 is 5.20. The van der Waals surface area contributed by atoms with Crippen LogP contribution in [0.2, 0.25) is 5.02 Å². The number of nitrogens with one attached hydrogen (secondary N) is 2. The highest BCUT2D eigenvalue weighted by Gasteiger charge is 2.19. The maximum absolute atomic E-state index is 12.5. The number of ether oxygens (including phenoxy) is 1. The average Bonchev–Trinajstić information content (AvgIpc) is 2.81. The third-order valence-corrected chi connectivity index (χ3v) is 5.05. The second kappa shape index (κ2) is 9.49. The van der Waals surface area contributed by atoms with Gasteiger partial charge >= 0.3 is 5.97 Å². The molecule has 33 heavy (non-hydrogen) atoms. The molecule has 0 aliphatic heterocycles. The normalized spacial score (nSPS) is 10.7. The Labute approximate surface area is 192 Å². The number of fused-ring (bicyclic) bond motifs is 1. The van der Waals surface area contributed by atoms with Crippen LogP contribution in [-0.4, -0.2) is 20.9 Å². The Bertz CT molecular complexity index is 1410. The quantitative estimate of drug-likeness (QED) is 0.235. The van der Waals surface area contributed by atoms with Crippen LogP contribution in [0, 0.1) is 10.1 Å². The van der Waals surface area contributed by atoms with Crippen LogP contribution in [0.25, 0.3) is 10.9 Å². The summed E-state index contributed by atoms with van der Waals surface area (Å²) in [5.74, 6) is -0.666. The molecular weight excluding hydrogens is 448 g/mol. The van der Waals surface area contributed by atoms with Crippen LogP contribution < -0.4 is 10.9 Å². The molecule has 0 saturated heterocycles. The number of nitro groups is 1. The predicted octanol–water partition coefficient (Wildman–Crippen LogP) is 4.45. The minimum absolute atomic E-state index is 0.00172. The van der Waals surface area contributed by atoms with Gasteiger partial charge in [-0.25, -0.2) is 9.78 Å². The van der Waals surface area contributed by atoms with Gasteiger partial charge < -0.3 is 15.0 Å². The van der Waals surface area contributed by atoms with Crippen LogP contribution in [0.1, 0.15) is 21.7 Å². The smallest absolute Gasteiger partial charge is 0.338 e. The van der Waals surface area contributed by atoms with Crippen molar-refractivity contribution in [3.05, 3.63) is 109 Å². The van der Waals surface area contributed by atoms with Gasteiger partial charge in [0.05, 0.1) is 21.4 Å². The largest absolute Gasteiger partial charge is 0.454 e. The van der Waals surface area contributed by atoms with Gasteiger partial charge in [0, 0.05) is 17.6 Å². The predicted molar refractivity (Wildman–Crippen MR) is 123 cm³/mol. The van der Waals surface area contributed by atoms with Gasteiger partial charge in [-0.3, -0.25) is 14.9 Å². The molecule has 0 amide bonds. The first-order valence-corrected chi connectivity index (χ1v) is 10.2. The highest BCUT2D eigenvalue weighted by molar-refractivity contribution is 6.31. The number of nitro benzene ring substituents is 1. The van der Waals surface area contributed by atoms with Crippen LogP contribution in [0.5, 0.6) is 0 Å². The molecule has 2 N–H and O–H groups in total.